The quantitative estimate of drug-likeness (QED) is 0.556. The first-order chi connectivity index (χ1) is 13.2. The first kappa shape index (κ1) is 25.3. The highest BCUT2D eigenvalue weighted by Crippen LogP contribution is 2.24. The number of nitrogens with zero attached hydrogens (tertiary/aromatic N) is 1. The van der Waals surface area contributed by atoms with Crippen molar-refractivity contribution < 1.29 is 9.59 Å². The van der Waals surface area contributed by atoms with Gasteiger partial charge in [0.05, 0.1) is 6.54 Å². The Morgan fingerprint density at radius 3 is 2.41 bits per heavy atom. The highest BCUT2D eigenvalue weighted by Gasteiger charge is 2.31. The van der Waals surface area contributed by atoms with Crippen LogP contribution in [0.5, 0.6) is 0 Å². The van der Waals surface area contributed by atoms with Gasteiger partial charge in [0, 0.05) is 22.9 Å². The summed E-state index contributed by atoms with van der Waals surface area (Å²) in [5.74, 6) is 0.508. The number of hydrogen-bond acceptors (Lipinski definition) is 5. The molecule has 0 aromatic heterocycles. The van der Waals surface area contributed by atoms with Gasteiger partial charge >= 0.3 is 0 Å². The van der Waals surface area contributed by atoms with Gasteiger partial charge < -0.3 is 11.1 Å². The second kappa shape index (κ2) is 12.7. The van der Waals surface area contributed by atoms with Crippen LogP contribution < -0.4 is 16.5 Å². The standard InChI is InChI=1S/C20H24N4O2S.2ClH/c21-13-19(25)23-24-12-4-7-18(24)20(26)22-16-8-10-17(11-9-16)27-14-15-5-2-1-3-6-15;;/h1-3,5-6,8-11,18H,4,7,12-14,21H2,(H,22,26)(H,23,25);2*1H/t18-;;/m0../s1. The highest BCUT2D eigenvalue weighted by atomic mass is 35.5. The van der Waals surface area contributed by atoms with E-state index in [1.165, 1.54) is 5.56 Å². The van der Waals surface area contributed by atoms with E-state index in [0.717, 1.165) is 22.8 Å². The highest BCUT2D eigenvalue weighted by molar-refractivity contribution is 7.98. The lowest BCUT2D eigenvalue weighted by Gasteiger charge is -2.24. The SMILES string of the molecule is Cl.Cl.NCC(=O)NN1CCC[C@H]1C(=O)Nc1ccc(SCc2ccccc2)cc1. The molecule has 6 nitrogen and oxygen atoms in total. The molecule has 158 valence electrons. The average molecular weight is 457 g/mol. The van der Waals surface area contributed by atoms with Crippen LogP contribution in [0.25, 0.3) is 0 Å². The zero-order valence-electron chi connectivity index (χ0n) is 15.9. The van der Waals surface area contributed by atoms with Gasteiger partial charge in [-0.25, -0.2) is 5.01 Å². The lowest BCUT2D eigenvalue weighted by molar-refractivity contribution is -0.128. The van der Waals surface area contributed by atoms with Gasteiger partial charge in [-0.3, -0.25) is 15.0 Å². The predicted molar refractivity (Wildman–Crippen MR) is 122 cm³/mol. The molecule has 2 aromatic rings. The second-order valence-corrected chi connectivity index (χ2v) is 7.43. The van der Waals surface area contributed by atoms with Crippen molar-refractivity contribution in [2.45, 2.75) is 29.5 Å². The smallest absolute Gasteiger partial charge is 0.248 e. The normalized spacial score (nSPS) is 15.7. The van der Waals surface area contributed by atoms with Crippen molar-refractivity contribution in [3.8, 4) is 0 Å². The first-order valence-electron chi connectivity index (χ1n) is 8.99. The topological polar surface area (TPSA) is 87.5 Å². The van der Waals surface area contributed by atoms with Crippen LogP contribution in [0.1, 0.15) is 18.4 Å². The van der Waals surface area contributed by atoms with Gasteiger partial charge in [0.1, 0.15) is 6.04 Å². The van der Waals surface area contributed by atoms with Crippen molar-refractivity contribution in [3.05, 3.63) is 60.2 Å². The van der Waals surface area contributed by atoms with E-state index in [-0.39, 0.29) is 49.2 Å². The fourth-order valence-corrected chi connectivity index (χ4v) is 3.83. The number of carbonyl (C=O) groups is 2. The monoisotopic (exact) mass is 456 g/mol. The minimum Gasteiger partial charge on any atom is -0.325 e. The Morgan fingerprint density at radius 1 is 1.07 bits per heavy atom. The molecule has 29 heavy (non-hydrogen) atoms. The molecule has 0 unspecified atom stereocenters. The molecule has 2 amide bonds. The van der Waals surface area contributed by atoms with E-state index in [4.69, 9.17) is 5.73 Å². The van der Waals surface area contributed by atoms with Gasteiger partial charge in [-0.15, -0.1) is 36.6 Å². The number of nitrogens with two attached hydrogens (primary N) is 1. The van der Waals surface area contributed by atoms with Crippen molar-refractivity contribution in [3.63, 3.8) is 0 Å². The molecule has 2 aromatic carbocycles. The maximum absolute atomic E-state index is 12.6. The largest absolute Gasteiger partial charge is 0.325 e. The fourth-order valence-electron chi connectivity index (χ4n) is 2.98. The second-order valence-electron chi connectivity index (χ2n) is 6.38. The summed E-state index contributed by atoms with van der Waals surface area (Å²) in [4.78, 5) is 25.2. The number of rotatable bonds is 7. The lowest BCUT2D eigenvalue weighted by atomic mass is 10.2. The molecule has 1 heterocycles. The third kappa shape index (κ3) is 7.53. The molecular formula is C20H26Cl2N4O2S. The van der Waals surface area contributed by atoms with Gasteiger partial charge in [0.25, 0.3) is 0 Å². The number of anilines is 1. The molecule has 1 aliphatic heterocycles. The molecule has 0 radical (unpaired) electrons. The number of hydrazine groups is 1. The number of thioether (sulfide) groups is 1. The Morgan fingerprint density at radius 2 is 1.76 bits per heavy atom. The van der Waals surface area contributed by atoms with Crippen LogP contribution in [0, 0.1) is 0 Å². The average Bonchev–Trinajstić information content (AvgIpc) is 3.16. The van der Waals surface area contributed by atoms with Crippen molar-refractivity contribution >= 4 is 54.1 Å². The maximum Gasteiger partial charge on any atom is 0.248 e. The molecule has 0 spiro atoms. The van der Waals surface area contributed by atoms with Crippen LogP contribution in [-0.2, 0) is 15.3 Å². The molecule has 4 N–H and O–H groups in total. The minimum absolute atomic E-state index is 0. The number of carbonyl (C=O) groups excluding carboxylic acids is 2. The third-order valence-corrected chi connectivity index (χ3v) is 5.46. The van der Waals surface area contributed by atoms with Crippen LogP contribution in [0.4, 0.5) is 5.69 Å². The van der Waals surface area contributed by atoms with Gasteiger partial charge in [-0.2, -0.15) is 0 Å². The Balaban J connectivity index is 0.00000210. The number of nitrogens with one attached hydrogen (secondary N) is 2. The lowest BCUT2D eigenvalue weighted by Crippen LogP contribution is -2.51. The summed E-state index contributed by atoms with van der Waals surface area (Å²) in [6, 6.07) is 17.8. The van der Waals surface area contributed by atoms with Crippen LogP contribution in [0.15, 0.2) is 59.5 Å². The van der Waals surface area contributed by atoms with E-state index in [2.05, 4.69) is 22.9 Å². The van der Waals surface area contributed by atoms with Crippen molar-refractivity contribution in [2.24, 2.45) is 5.73 Å². The molecule has 9 heteroatoms. The summed E-state index contributed by atoms with van der Waals surface area (Å²) >= 11 is 1.76. The van der Waals surface area contributed by atoms with E-state index in [9.17, 15) is 9.59 Å². The molecule has 3 rings (SSSR count). The Kier molecular flexibility index (Phi) is 11.1. The molecule has 1 saturated heterocycles. The molecule has 1 fully saturated rings. The van der Waals surface area contributed by atoms with Crippen LogP contribution in [0.3, 0.4) is 0 Å². The summed E-state index contributed by atoms with van der Waals surface area (Å²) in [6.07, 6.45) is 1.57. The number of benzene rings is 2. The summed E-state index contributed by atoms with van der Waals surface area (Å²) in [5, 5.41) is 4.61. The van der Waals surface area contributed by atoms with Gasteiger partial charge in [0.15, 0.2) is 0 Å². The zero-order valence-corrected chi connectivity index (χ0v) is 18.3. The molecule has 1 aliphatic rings. The van der Waals surface area contributed by atoms with Crippen LogP contribution in [-0.4, -0.2) is 36.0 Å². The van der Waals surface area contributed by atoms with E-state index in [1.54, 1.807) is 16.8 Å². The zero-order chi connectivity index (χ0) is 19.1. The maximum atomic E-state index is 12.6. The minimum atomic E-state index is -0.368. The Hall–Kier alpha value is -1.77. The van der Waals surface area contributed by atoms with E-state index >= 15 is 0 Å². The van der Waals surface area contributed by atoms with Crippen molar-refractivity contribution in [1.82, 2.24) is 10.4 Å². The molecule has 0 saturated carbocycles. The van der Waals surface area contributed by atoms with E-state index < -0.39 is 0 Å². The number of halogens is 2. The van der Waals surface area contributed by atoms with Crippen molar-refractivity contribution in [1.29, 1.82) is 0 Å². The molecule has 0 aliphatic carbocycles. The predicted octanol–water partition coefficient (Wildman–Crippen LogP) is 3.22. The van der Waals surface area contributed by atoms with Gasteiger partial charge in [-0.05, 0) is 42.7 Å². The van der Waals surface area contributed by atoms with E-state index in [1.807, 2.05) is 42.5 Å². The first-order valence-corrected chi connectivity index (χ1v) is 9.98. The molecule has 1 atom stereocenters. The number of amides is 2. The van der Waals surface area contributed by atoms with Crippen LogP contribution in [0.2, 0.25) is 0 Å². The van der Waals surface area contributed by atoms with Gasteiger partial charge in [0.2, 0.25) is 11.8 Å². The van der Waals surface area contributed by atoms with Crippen LogP contribution >= 0.6 is 36.6 Å². The Labute approximate surface area is 187 Å². The molecular weight excluding hydrogens is 431 g/mol. The number of hydrogen-bond donors (Lipinski definition) is 3. The Bertz CT molecular complexity index is 778. The summed E-state index contributed by atoms with van der Waals surface area (Å²) in [6.45, 7) is 0.561. The third-order valence-electron chi connectivity index (χ3n) is 4.38. The van der Waals surface area contributed by atoms with E-state index in [0.29, 0.717) is 13.0 Å². The fraction of sp³-hybridized carbons (Fsp3) is 0.300. The summed E-state index contributed by atoms with van der Waals surface area (Å²) < 4.78 is 0. The summed E-state index contributed by atoms with van der Waals surface area (Å²) in [7, 11) is 0. The van der Waals surface area contributed by atoms with Gasteiger partial charge in [-0.1, -0.05) is 30.3 Å². The molecule has 0 bridgehead atoms. The van der Waals surface area contributed by atoms with Crippen molar-refractivity contribution in [2.75, 3.05) is 18.4 Å². The summed E-state index contributed by atoms with van der Waals surface area (Å²) in [5.41, 5.74) is 10.1.